The van der Waals surface area contributed by atoms with Crippen molar-refractivity contribution in [2.24, 2.45) is 0 Å². The number of carbonyl (C=O) groups excluding carboxylic acids is 1. The van der Waals surface area contributed by atoms with Crippen LogP contribution in [0.25, 0.3) is 0 Å². The van der Waals surface area contributed by atoms with Gasteiger partial charge in [0.2, 0.25) is 0 Å². The molecule has 2 aromatic carbocycles. The highest BCUT2D eigenvalue weighted by Crippen LogP contribution is 2.29. The molecule has 0 saturated heterocycles. The third-order valence-corrected chi connectivity index (χ3v) is 4.74. The summed E-state index contributed by atoms with van der Waals surface area (Å²) in [6.45, 7) is 4.62. The monoisotopic (exact) mass is 379 g/mol. The van der Waals surface area contributed by atoms with E-state index in [1.165, 1.54) is 0 Å². The maximum atomic E-state index is 12.7. The lowest BCUT2D eigenvalue weighted by molar-refractivity contribution is 0.0939. The molecule has 6 nitrogen and oxygen atoms in total. The summed E-state index contributed by atoms with van der Waals surface area (Å²) in [5, 5.41) is 3.02. The SMILES string of the molecule is COc1ccc(OC)c([C@H](C)NC(=O)c2ccc(Cn3ccnc3C)cc2)c1. The number of amides is 1. The molecule has 1 N–H and O–H groups in total. The zero-order valence-corrected chi connectivity index (χ0v) is 16.6. The van der Waals surface area contributed by atoms with Gasteiger partial charge in [0.1, 0.15) is 17.3 Å². The van der Waals surface area contributed by atoms with Crippen molar-refractivity contribution in [2.45, 2.75) is 26.4 Å². The minimum absolute atomic E-state index is 0.136. The number of ether oxygens (including phenoxy) is 2. The average Bonchev–Trinajstić information content (AvgIpc) is 3.12. The second kappa shape index (κ2) is 8.61. The van der Waals surface area contributed by atoms with E-state index in [0.717, 1.165) is 29.2 Å². The van der Waals surface area contributed by atoms with Crippen molar-refractivity contribution >= 4 is 5.91 Å². The van der Waals surface area contributed by atoms with Crippen LogP contribution in [0.5, 0.6) is 11.5 Å². The molecule has 0 spiro atoms. The first-order chi connectivity index (χ1) is 13.5. The Balaban J connectivity index is 1.70. The fourth-order valence-electron chi connectivity index (χ4n) is 3.06. The molecule has 0 saturated carbocycles. The van der Waals surface area contributed by atoms with Gasteiger partial charge in [0, 0.05) is 30.1 Å². The van der Waals surface area contributed by atoms with Crippen LogP contribution in [0.1, 0.15) is 40.3 Å². The molecular formula is C22H25N3O3. The molecule has 1 aromatic heterocycles. The van der Waals surface area contributed by atoms with Gasteiger partial charge in [0.25, 0.3) is 5.91 Å². The lowest BCUT2D eigenvalue weighted by Crippen LogP contribution is -2.27. The number of aromatic nitrogens is 2. The zero-order valence-electron chi connectivity index (χ0n) is 16.6. The molecular weight excluding hydrogens is 354 g/mol. The fourth-order valence-corrected chi connectivity index (χ4v) is 3.06. The Kier molecular flexibility index (Phi) is 5.99. The number of carbonyl (C=O) groups is 1. The Morgan fingerprint density at radius 3 is 2.50 bits per heavy atom. The first kappa shape index (κ1) is 19.5. The molecule has 0 aliphatic carbocycles. The van der Waals surface area contributed by atoms with Crippen LogP contribution < -0.4 is 14.8 Å². The van der Waals surface area contributed by atoms with Gasteiger partial charge in [-0.25, -0.2) is 4.98 Å². The predicted octanol–water partition coefficient (Wildman–Crippen LogP) is 3.75. The molecule has 3 rings (SSSR count). The Morgan fingerprint density at radius 2 is 1.89 bits per heavy atom. The number of hydrogen-bond donors (Lipinski definition) is 1. The highest BCUT2D eigenvalue weighted by molar-refractivity contribution is 5.94. The summed E-state index contributed by atoms with van der Waals surface area (Å²) in [5.74, 6) is 2.25. The van der Waals surface area contributed by atoms with Gasteiger partial charge in [-0.15, -0.1) is 0 Å². The largest absolute Gasteiger partial charge is 0.497 e. The third kappa shape index (κ3) is 4.34. The van der Waals surface area contributed by atoms with E-state index >= 15 is 0 Å². The molecule has 1 atom stereocenters. The molecule has 146 valence electrons. The van der Waals surface area contributed by atoms with E-state index in [1.54, 1.807) is 20.4 Å². The van der Waals surface area contributed by atoms with E-state index < -0.39 is 0 Å². The molecule has 0 bridgehead atoms. The van der Waals surface area contributed by atoms with E-state index in [-0.39, 0.29) is 11.9 Å². The van der Waals surface area contributed by atoms with Crippen molar-refractivity contribution in [2.75, 3.05) is 14.2 Å². The molecule has 1 heterocycles. The smallest absolute Gasteiger partial charge is 0.251 e. The van der Waals surface area contributed by atoms with Crippen molar-refractivity contribution in [3.05, 3.63) is 77.4 Å². The van der Waals surface area contributed by atoms with Crippen LogP contribution in [-0.4, -0.2) is 29.7 Å². The van der Waals surface area contributed by atoms with Crippen molar-refractivity contribution < 1.29 is 14.3 Å². The van der Waals surface area contributed by atoms with Crippen LogP contribution in [0.15, 0.2) is 54.9 Å². The number of methoxy groups -OCH3 is 2. The first-order valence-electron chi connectivity index (χ1n) is 9.11. The zero-order chi connectivity index (χ0) is 20.1. The minimum atomic E-state index is -0.231. The number of benzene rings is 2. The fraction of sp³-hybridized carbons (Fsp3) is 0.273. The number of aryl methyl sites for hydroxylation is 1. The topological polar surface area (TPSA) is 65.4 Å². The molecule has 3 aromatic rings. The van der Waals surface area contributed by atoms with Gasteiger partial charge in [-0.3, -0.25) is 4.79 Å². The lowest BCUT2D eigenvalue weighted by atomic mass is 10.1. The van der Waals surface area contributed by atoms with Crippen molar-refractivity contribution in [3.63, 3.8) is 0 Å². The molecule has 0 unspecified atom stereocenters. The van der Waals surface area contributed by atoms with Gasteiger partial charge in [-0.1, -0.05) is 12.1 Å². The summed E-state index contributed by atoms with van der Waals surface area (Å²) < 4.78 is 12.8. The van der Waals surface area contributed by atoms with Crippen LogP contribution >= 0.6 is 0 Å². The van der Waals surface area contributed by atoms with Crippen molar-refractivity contribution in [1.82, 2.24) is 14.9 Å². The van der Waals surface area contributed by atoms with Crippen molar-refractivity contribution in [1.29, 1.82) is 0 Å². The lowest BCUT2D eigenvalue weighted by Gasteiger charge is -2.18. The van der Waals surface area contributed by atoms with Crippen LogP contribution in [0, 0.1) is 6.92 Å². The van der Waals surface area contributed by atoms with Gasteiger partial charge < -0.3 is 19.4 Å². The molecule has 0 aliphatic heterocycles. The Morgan fingerprint density at radius 1 is 1.14 bits per heavy atom. The first-order valence-corrected chi connectivity index (χ1v) is 9.11. The number of nitrogens with one attached hydrogen (secondary N) is 1. The van der Waals surface area contributed by atoms with E-state index in [1.807, 2.05) is 62.5 Å². The number of nitrogens with zero attached hydrogens (tertiary/aromatic N) is 2. The van der Waals surface area contributed by atoms with Gasteiger partial charge in [0.15, 0.2) is 0 Å². The summed E-state index contributed by atoms with van der Waals surface area (Å²) in [6.07, 6.45) is 3.73. The second-order valence-electron chi connectivity index (χ2n) is 6.60. The predicted molar refractivity (Wildman–Crippen MR) is 108 cm³/mol. The summed E-state index contributed by atoms with van der Waals surface area (Å²) in [7, 11) is 3.22. The summed E-state index contributed by atoms with van der Waals surface area (Å²) in [4.78, 5) is 16.9. The Bertz CT molecular complexity index is 948. The number of rotatable bonds is 7. The van der Waals surface area contributed by atoms with Crippen LogP contribution in [0.3, 0.4) is 0 Å². The van der Waals surface area contributed by atoms with E-state index in [2.05, 4.69) is 14.9 Å². The summed E-state index contributed by atoms with van der Waals surface area (Å²) >= 11 is 0. The van der Waals surface area contributed by atoms with E-state index in [0.29, 0.717) is 11.3 Å². The maximum Gasteiger partial charge on any atom is 0.251 e. The van der Waals surface area contributed by atoms with Crippen LogP contribution in [0.4, 0.5) is 0 Å². The average molecular weight is 379 g/mol. The molecule has 1 amide bonds. The van der Waals surface area contributed by atoms with Gasteiger partial charge in [-0.05, 0) is 49.7 Å². The highest BCUT2D eigenvalue weighted by Gasteiger charge is 2.16. The maximum absolute atomic E-state index is 12.7. The standard InChI is InChI=1S/C22H25N3O3/c1-15(20-13-19(27-3)9-10-21(20)28-4)24-22(26)18-7-5-17(6-8-18)14-25-12-11-23-16(25)2/h5-13,15H,14H2,1-4H3,(H,24,26)/t15-/m0/s1. The van der Waals surface area contributed by atoms with E-state index in [9.17, 15) is 4.79 Å². The summed E-state index contributed by atoms with van der Waals surface area (Å²) in [6, 6.07) is 12.9. The van der Waals surface area contributed by atoms with Gasteiger partial charge in [0.05, 0.1) is 20.3 Å². The summed E-state index contributed by atoms with van der Waals surface area (Å²) in [5.41, 5.74) is 2.59. The van der Waals surface area contributed by atoms with Crippen LogP contribution in [-0.2, 0) is 6.54 Å². The van der Waals surface area contributed by atoms with Crippen LogP contribution in [0.2, 0.25) is 0 Å². The Hall–Kier alpha value is -3.28. The third-order valence-electron chi connectivity index (χ3n) is 4.74. The minimum Gasteiger partial charge on any atom is -0.497 e. The quantitative estimate of drug-likeness (QED) is 0.679. The highest BCUT2D eigenvalue weighted by atomic mass is 16.5. The number of imidazole rings is 1. The molecule has 6 heteroatoms. The molecule has 0 aliphatic rings. The number of hydrogen-bond acceptors (Lipinski definition) is 4. The second-order valence-corrected chi connectivity index (χ2v) is 6.60. The van der Waals surface area contributed by atoms with Gasteiger partial charge in [-0.2, -0.15) is 0 Å². The Labute approximate surface area is 165 Å². The molecule has 0 radical (unpaired) electrons. The van der Waals surface area contributed by atoms with Gasteiger partial charge >= 0.3 is 0 Å². The van der Waals surface area contributed by atoms with E-state index in [4.69, 9.17) is 9.47 Å². The van der Waals surface area contributed by atoms with Crippen molar-refractivity contribution in [3.8, 4) is 11.5 Å². The normalized spacial score (nSPS) is 11.7. The molecule has 28 heavy (non-hydrogen) atoms. The molecule has 0 fully saturated rings.